The van der Waals surface area contributed by atoms with Crippen molar-refractivity contribution in [3.05, 3.63) is 65.1 Å². The van der Waals surface area contributed by atoms with Crippen LogP contribution in [0.4, 0.5) is 5.82 Å². The molecule has 0 unspecified atom stereocenters. The lowest BCUT2D eigenvalue weighted by Crippen LogP contribution is -2.35. The largest absolute Gasteiger partial charge is 0.383 e. The van der Waals surface area contributed by atoms with Crippen LogP contribution < -0.4 is 5.73 Å². The molecule has 6 nitrogen and oxygen atoms in total. The van der Waals surface area contributed by atoms with E-state index in [0.29, 0.717) is 30.0 Å². The van der Waals surface area contributed by atoms with Crippen molar-refractivity contribution >= 4 is 5.82 Å². The van der Waals surface area contributed by atoms with Gasteiger partial charge in [-0.05, 0) is 43.1 Å². The van der Waals surface area contributed by atoms with E-state index < -0.39 is 0 Å². The molecule has 2 aliphatic heterocycles. The summed E-state index contributed by atoms with van der Waals surface area (Å²) in [5, 5.41) is 14.2. The van der Waals surface area contributed by atoms with Gasteiger partial charge in [-0.25, -0.2) is 4.98 Å². The summed E-state index contributed by atoms with van der Waals surface area (Å²) in [4.78, 5) is 7.09. The molecule has 3 aromatic rings. The van der Waals surface area contributed by atoms with Crippen molar-refractivity contribution < 1.29 is 0 Å². The predicted molar refractivity (Wildman–Crippen MR) is 107 cm³/mol. The normalized spacial score (nSPS) is 20.7. The van der Waals surface area contributed by atoms with Crippen LogP contribution in [-0.4, -0.2) is 32.8 Å². The van der Waals surface area contributed by atoms with Crippen molar-refractivity contribution in [2.75, 3.05) is 12.8 Å². The molecule has 140 valence electrons. The summed E-state index contributed by atoms with van der Waals surface area (Å²) in [7, 11) is 2.19. The number of anilines is 1. The smallest absolute Gasteiger partial charge is 0.142 e. The zero-order chi connectivity index (χ0) is 19.3. The van der Waals surface area contributed by atoms with Crippen LogP contribution in [0, 0.1) is 11.3 Å². The third kappa shape index (κ3) is 2.59. The van der Waals surface area contributed by atoms with E-state index in [1.54, 1.807) is 6.20 Å². The fraction of sp³-hybridized carbons (Fsp3) is 0.318. The lowest BCUT2D eigenvalue weighted by molar-refractivity contribution is 0.222. The summed E-state index contributed by atoms with van der Waals surface area (Å²) in [6.45, 7) is 0.691. The Bertz CT molecular complexity index is 1080. The number of benzene rings is 1. The number of nitrogens with two attached hydrogens (primary N) is 1. The molecule has 2 atom stereocenters. The van der Waals surface area contributed by atoms with Crippen molar-refractivity contribution in [2.45, 2.75) is 37.9 Å². The zero-order valence-corrected chi connectivity index (χ0v) is 15.8. The van der Waals surface area contributed by atoms with E-state index in [9.17, 15) is 5.26 Å². The Kier molecular flexibility index (Phi) is 3.92. The molecule has 0 amide bonds. The van der Waals surface area contributed by atoms with E-state index in [1.807, 2.05) is 23.0 Å². The summed E-state index contributed by atoms with van der Waals surface area (Å²) in [6.07, 6.45) is 6.90. The van der Waals surface area contributed by atoms with Gasteiger partial charge in [-0.2, -0.15) is 10.4 Å². The van der Waals surface area contributed by atoms with Crippen LogP contribution in [0.2, 0.25) is 0 Å². The number of nitrogens with zero attached hydrogens (tertiary/aromatic N) is 5. The molecule has 0 spiro atoms. The molecule has 2 bridgehead atoms. The van der Waals surface area contributed by atoms with Gasteiger partial charge in [0, 0.05) is 47.7 Å². The zero-order valence-electron chi connectivity index (χ0n) is 15.8. The number of nitrogen functional groups attached to an aromatic ring is 1. The fourth-order valence-corrected chi connectivity index (χ4v) is 4.83. The molecule has 0 radical (unpaired) electrons. The predicted octanol–water partition coefficient (Wildman–Crippen LogP) is 3.14. The maximum Gasteiger partial charge on any atom is 0.142 e. The maximum absolute atomic E-state index is 9.88. The van der Waals surface area contributed by atoms with E-state index in [-0.39, 0.29) is 0 Å². The molecule has 0 saturated carbocycles. The van der Waals surface area contributed by atoms with Gasteiger partial charge in [0.05, 0.1) is 6.54 Å². The second-order valence-electron chi connectivity index (χ2n) is 7.74. The molecule has 2 aliphatic rings. The highest BCUT2D eigenvalue weighted by molar-refractivity contribution is 5.80. The molecule has 1 saturated heterocycles. The molecular weight excluding hydrogens is 348 g/mol. The minimum absolute atomic E-state index is 0.304. The Labute approximate surface area is 164 Å². The van der Waals surface area contributed by atoms with E-state index in [2.05, 4.69) is 46.3 Å². The molecule has 2 aromatic heterocycles. The van der Waals surface area contributed by atoms with Crippen LogP contribution >= 0.6 is 0 Å². The molecule has 28 heavy (non-hydrogen) atoms. The first-order valence-corrected chi connectivity index (χ1v) is 9.66. The van der Waals surface area contributed by atoms with E-state index in [1.165, 1.54) is 5.56 Å². The van der Waals surface area contributed by atoms with Gasteiger partial charge in [-0.15, -0.1) is 0 Å². The minimum atomic E-state index is 0.304. The molecule has 4 heterocycles. The van der Waals surface area contributed by atoms with Crippen LogP contribution in [0.3, 0.4) is 0 Å². The second-order valence-corrected chi connectivity index (χ2v) is 7.74. The van der Waals surface area contributed by atoms with Crippen LogP contribution in [0.5, 0.6) is 0 Å². The molecule has 2 N–H and O–H groups in total. The van der Waals surface area contributed by atoms with Crippen LogP contribution in [0.15, 0.2) is 42.7 Å². The summed E-state index contributed by atoms with van der Waals surface area (Å²) in [5.74, 6) is 0.345. The lowest BCUT2D eigenvalue weighted by Gasteiger charge is -2.34. The fourth-order valence-electron chi connectivity index (χ4n) is 4.83. The van der Waals surface area contributed by atoms with Gasteiger partial charge in [0.15, 0.2) is 0 Å². The van der Waals surface area contributed by atoms with Crippen molar-refractivity contribution in [2.24, 2.45) is 0 Å². The van der Waals surface area contributed by atoms with Crippen molar-refractivity contribution in [3.8, 4) is 17.2 Å². The quantitative estimate of drug-likeness (QED) is 0.766. The highest BCUT2D eigenvalue weighted by Crippen LogP contribution is 2.47. The minimum Gasteiger partial charge on any atom is -0.383 e. The van der Waals surface area contributed by atoms with Gasteiger partial charge in [0.25, 0.3) is 0 Å². The number of aromatic nitrogens is 3. The van der Waals surface area contributed by atoms with Crippen LogP contribution in [0.25, 0.3) is 11.1 Å². The molecule has 1 aromatic carbocycles. The Hall–Kier alpha value is -3.17. The van der Waals surface area contributed by atoms with E-state index >= 15 is 0 Å². The maximum atomic E-state index is 9.88. The highest BCUT2D eigenvalue weighted by Gasteiger charge is 2.40. The first-order valence-electron chi connectivity index (χ1n) is 9.66. The van der Waals surface area contributed by atoms with Crippen molar-refractivity contribution in [1.29, 1.82) is 5.26 Å². The van der Waals surface area contributed by atoms with Crippen molar-refractivity contribution in [1.82, 2.24) is 19.7 Å². The second kappa shape index (κ2) is 6.47. The van der Waals surface area contributed by atoms with Crippen molar-refractivity contribution in [3.63, 3.8) is 0 Å². The van der Waals surface area contributed by atoms with E-state index in [0.717, 1.165) is 41.6 Å². The van der Waals surface area contributed by atoms with Gasteiger partial charge in [-0.1, -0.05) is 18.2 Å². The van der Waals surface area contributed by atoms with Gasteiger partial charge in [0.2, 0.25) is 0 Å². The molecule has 5 rings (SSSR count). The van der Waals surface area contributed by atoms with Crippen LogP contribution in [-0.2, 0) is 13.0 Å². The number of nitriles is 1. The Balaban J connectivity index is 1.68. The molecule has 1 fully saturated rings. The number of likely N-dealkylation sites (N-methyl/N-ethyl adjacent to an activating group) is 1. The molecule has 6 heteroatoms. The third-order valence-electron chi connectivity index (χ3n) is 6.18. The Morgan fingerprint density at radius 3 is 2.96 bits per heavy atom. The summed E-state index contributed by atoms with van der Waals surface area (Å²) >= 11 is 0. The first kappa shape index (κ1) is 17.0. The standard InChI is InChI=1S/C22H22N6/c1-27-16-6-7-19(27)21-18(11-16)26-22(24)17(12-23)20(21)15-5-2-4-14(10-15)13-28-9-3-8-25-28/h2-5,8-10,16,19H,6-7,11,13H2,1H3,(H2,24,26)/t16-,19+/m0/s1. The first-order chi connectivity index (χ1) is 13.7. The van der Waals surface area contributed by atoms with Gasteiger partial charge >= 0.3 is 0 Å². The number of pyridine rings is 1. The number of hydrogen-bond donors (Lipinski definition) is 1. The van der Waals surface area contributed by atoms with Crippen LogP contribution in [0.1, 0.15) is 41.3 Å². The van der Waals surface area contributed by atoms with Gasteiger partial charge in [0.1, 0.15) is 17.5 Å². The van der Waals surface area contributed by atoms with Gasteiger partial charge < -0.3 is 5.73 Å². The number of fused-ring (bicyclic) bond motifs is 4. The Morgan fingerprint density at radius 2 is 2.18 bits per heavy atom. The third-order valence-corrected chi connectivity index (χ3v) is 6.18. The Morgan fingerprint density at radius 1 is 1.29 bits per heavy atom. The van der Waals surface area contributed by atoms with Gasteiger partial charge in [-0.3, -0.25) is 9.58 Å². The lowest BCUT2D eigenvalue weighted by atomic mass is 9.86. The monoisotopic (exact) mass is 370 g/mol. The average molecular weight is 370 g/mol. The highest BCUT2D eigenvalue weighted by atomic mass is 15.3. The number of hydrogen-bond acceptors (Lipinski definition) is 5. The number of rotatable bonds is 3. The average Bonchev–Trinajstić information content (AvgIpc) is 3.27. The molecule has 0 aliphatic carbocycles. The summed E-state index contributed by atoms with van der Waals surface area (Å²) in [5.41, 5.74) is 12.1. The summed E-state index contributed by atoms with van der Waals surface area (Å²) in [6, 6.07) is 13.4. The van der Waals surface area contributed by atoms with E-state index in [4.69, 9.17) is 5.73 Å². The topological polar surface area (TPSA) is 83.8 Å². The molecular formula is C22H22N6. The SMILES string of the molecule is CN1[C@H]2CC[C@@H]1c1c(nc(N)c(C#N)c1-c1cccc(Cn3cccn3)c1)C2. The summed E-state index contributed by atoms with van der Waals surface area (Å²) < 4.78 is 1.90.